The number of benzene rings is 1. The molecule has 1 aromatic carbocycles. The molecule has 0 spiro atoms. The van der Waals surface area contributed by atoms with Crippen molar-refractivity contribution in [3.8, 4) is 0 Å². The standard InChI is InChI=1S/C14H15ClFN3/c15-11-4-1-9(5-12(11)16)6-13(17)14-7-18-8-19(14)10-2-3-10/h1,4-5,7-8,10,13H,2-3,6,17H2/t13-/m0/s1. The first kappa shape index (κ1) is 12.6. The van der Waals surface area contributed by atoms with E-state index in [2.05, 4.69) is 9.55 Å². The normalized spacial score (nSPS) is 16.6. The molecule has 1 aromatic heterocycles. The quantitative estimate of drug-likeness (QED) is 0.934. The molecule has 1 aliphatic carbocycles. The third-order valence-corrected chi connectivity index (χ3v) is 3.76. The molecule has 0 aliphatic heterocycles. The number of halogens is 2. The van der Waals surface area contributed by atoms with Crippen molar-refractivity contribution in [1.82, 2.24) is 9.55 Å². The van der Waals surface area contributed by atoms with Gasteiger partial charge in [-0.1, -0.05) is 17.7 Å². The minimum absolute atomic E-state index is 0.139. The Morgan fingerprint density at radius 1 is 1.47 bits per heavy atom. The molecule has 2 N–H and O–H groups in total. The Hall–Kier alpha value is -1.39. The largest absolute Gasteiger partial charge is 0.330 e. The Labute approximate surface area is 116 Å². The smallest absolute Gasteiger partial charge is 0.142 e. The molecule has 1 atom stereocenters. The molecule has 0 radical (unpaired) electrons. The average Bonchev–Trinajstić information content (AvgIpc) is 3.11. The lowest BCUT2D eigenvalue weighted by atomic mass is 10.0. The van der Waals surface area contributed by atoms with E-state index in [1.54, 1.807) is 12.3 Å². The molecule has 3 nitrogen and oxygen atoms in total. The Morgan fingerprint density at radius 2 is 2.26 bits per heavy atom. The number of hydrogen-bond donors (Lipinski definition) is 1. The molecule has 0 unspecified atom stereocenters. The van der Waals surface area contributed by atoms with Crippen molar-refractivity contribution in [3.05, 3.63) is 52.8 Å². The van der Waals surface area contributed by atoms with Crippen LogP contribution in [-0.2, 0) is 6.42 Å². The minimum Gasteiger partial charge on any atom is -0.330 e. The van der Waals surface area contributed by atoms with Crippen LogP contribution in [0.3, 0.4) is 0 Å². The van der Waals surface area contributed by atoms with Gasteiger partial charge in [0.05, 0.1) is 23.1 Å². The van der Waals surface area contributed by atoms with E-state index in [1.165, 1.54) is 18.9 Å². The van der Waals surface area contributed by atoms with E-state index < -0.39 is 5.82 Å². The minimum atomic E-state index is -0.401. The summed E-state index contributed by atoms with van der Waals surface area (Å²) < 4.78 is 15.5. The maximum absolute atomic E-state index is 13.4. The molecule has 19 heavy (non-hydrogen) atoms. The SMILES string of the molecule is N[C@@H](Cc1ccc(Cl)c(F)c1)c1cncn1C1CC1. The number of rotatable bonds is 4. The van der Waals surface area contributed by atoms with Crippen LogP contribution < -0.4 is 5.73 Å². The molecule has 1 saturated carbocycles. The first-order valence-electron chi connectivity index (χ1n) is 6.36. The first-order chi connectivity index (χ1) is 9.15. The fourth-order valence-electron chi connectivity index (χ4n) is 2.28. The van der Waals surface area contributed by atoms with Gasteiger partial charge >= 0.3 is 0 Å². The molecule has 0 saturated heterocycles. The molecular weight excluding hydrogens is 265 g/mol. The summed E-state index contributed by atoms with van der Waals surface area (Å²) in [6, 6.07) is 5.19. The van der Waals surface area contributed by atoms with E-state index in [1.807, 2.05) is 12.4 Å². The van der Waals surface area contributed by atoms with Crippen LogP contribution in [0.2, 0.25) is 5.02 Å². The predicted octanol–water partition coefficient (Wildman–Crippen LogP) is 3.25. The summed E-state index contributed by atoms with van der Waals surface area (Å²) in [7, 11) is 0. The van der Waals surface area contributed by atoms with Crippen molar-refractivity contribution < 1.29 is 4.39 Å². The van der Waals surface area contributed by atoms with Gasteiger partial charge in [-0.3, -0.25) is 0 Å². The molecule has 0 amide bonds. The number of nitrogens with zero attached hydrogens (tertiary/aromatic N) is 2. The van der Waals surface area contributed by atoms with Crippen LogP contribution in [0.25, 0.3) is 0 Å². The molecule has 1 aliphatic rings. The lowest BCUT2D eigenvalue weighted by molar-refractivity contribution is 0.601. The first-order valence-corrected chi connectivity index (χ1v) is 6.74. The second-order valence-corrected chi connectivity index (χ2v) is 5.42. The van der Waals surface area contributed by atoms with Crippen molar-refractivity contribution in [2.24, 2.45) is 5.73 Å². The molecule has 2 aromatic rings. The number of aromatic nitrogens is 2. The van der Waals surface area contributed by atoms with E-state index in [4.69, 9.17) is 17.3 Å². The highest BCUT2D eigenvalue weighted by Gasteiger charge is 2.26. The van der Waals surface area contributed by atoms with Gasteiger partial charge in [0.2, 0.25) is 0 Å². The molecule has 0 bridgehead atoms. The summed E-state index contributed by atoms with van der Waals surface area (Å²) in [5, 5.41) is 0.139. The van der Waals surface area contributed by atoms with Crippen LogP contribution in [0, 0.1) is 5.82 Å². The monoisotopic (exact) mass is 279 g/mol. The van der Waals surface area contributed by atoms with Gasteiger partial charge in [0.1, 0.15) is 5.82 Å². The van der Waals surface area contributed by atoms with Gasteiger partial charge in [-0.05, 0) is 37.0 Å². The van der Waals surface area contributed by atoms with Crippen molar-refractivity contribution in [3.63, 3.8) is 0 Å². The Morgan fingerprint density at radius 3 is 2.95 bits per heavy atom. The Bertz CT molecular complexity index is 592. The molecule has 1 heterocycles. The zero-order valence-electron chi connectivity index (χ0n) is 10.4. The van der Waals surface area contributed by atoms with Gasteiger partial charge in [-0.2, -0.15) is 0 Å². The van der Waals surface area contributed by atoms with Crippen LogP contribution in [-0.4, -0.2) is 9.55 Å². The summed E-state index contributed by atoms with van der Waals surface area (Å²) in [6.07, 6.45) is 6.58. The molecular formula is C14H15ClFN3. The summed E-state index contributed by atoms with van der Waals surface area (Å²) in [4.78, 5) is 4.17. The van der Waals surface area contributed by atoms with Crippen LogP contribution in [0.5, 0.6) is 0 Å². The van der Waals surface area contributed by atoms with Gasteiger partial charge in [0.25, 0.3) is 0 Å². The summed E-state index contributed by atoms with van der Waals surface area (Å²) in [5.74, 6) is -0.401. The van der Waals surface area contributed by atoms with Gasteiger partial charge in [-0.15, -0.1) is 0 Å². The Kier molecular flexibility index (Phi) is 3.29. The highest BCUT2D eigenvalue weighted by molar-refractivity contribution is 6.30. The zero-order valence-corrected chi connectivity index (χ0v) is 11.1. The highest BCUT2D eigenvalue weighted by Crippen LogP contribution is 2.37. The van der Waals surface area contributed by atoms with Gasteiger partial charge in [0.15, 0.2) is 0 Å². The van der Waals surface area contributed by atoms with Crippen LogP contribution in [0.1, 0.15) is 36.2 Å². The lowest BCUT2D eigenvalue weighted by Gasteiger charge is -2.14. The van der Waals surface area contributed by atoms with Crippen LogP contribution in [0.15, 0.2) is 30.7 Å². The molecule has 5 heteroatoms. The summed E-state index contributed by atoms with van der Waals surface area (Å²) >= 11 is 5.67. The second-order valence-electron chi connectivity index (χ2n) is 5.02. The third-order valence-electron chi connectivity index (χ3n) is 3.46. The average molecular weight is 280 g/mol. The topological polar surface area (TPSA) is 43.8 Å². The fraction of sp³-hybridized carbons (Fsp3) is 0.357. The maximum atomic E-state index is 13.4. The van der Waals surface area contributed by atoms with Crippen LogP contribution in [0.4, 0.5) is 4.39 Å². The zero-order chi connectivity index (χ0) is 13.4. The van der Waals surface area contributed by atoms with E-state index in [9.17, 15) is 4.39 Å². The fourth-order valence-corrected chi connectivity index (χ4v) is 2.40. The number of nitrogens with two attached hydrogens (primary N) is 1. The van der Waals surface area contributed by atoms with Crippen molar-refractivity contribution in [1.29, 1.82) is 0 Å². The van der Waals surface area contributed by atoms with Crippen LogP contribution >= 0.6 is 11.6 Å². The van der Waals surface area contributed by atoms with E-state index >= 15 is 0 Å². The van der Waals surface area contributed by atoms with Gasteiger partial charge in [-0.25, -0.2) is 9.37 Å². The van der Waals surface area contributed by atoms with Gasteiger partial charge in [0, 0.05) is 12.2 Å². The number of hydrogen-bond acceptors (Lipinski definition) is 2. The maximum Gasteiger partial charge on any atom is 0.142 e. The van der Waals surface area contributed by atoms with Crippen molar-refractivity contribution in [2.75, 3.05) is 0 Å². The Balaban J connectivity index is 1.78. The van der Waals surface area contributed by atoms with E-state index in [-0.39, 0.29) is 11.1 Å². The van der Waals surface area contributed by atoms with E-state index in [0.717, 1.165) is 11.3 Å². The van der Waals surface area contributed by atoms with Gasteiger partial charge < -0.3 is 10.3 Å². The second kappa shape index (κ2) is 4.94. The summed E-state index contributed by atoms with van der Waals surface area (Å²) in [6.45, 7) is 0. The lowest BCUT2D eigenvalue weighted by Crippen LogP contribution is -2.17. The highest BCUT2D eigenvalue weighted by atomic mass is 35.5. The van der Waals surface area contributed by atoms with Crippen molar-refractivity contribution >= 4 is 11.6 Å². The molecule has 100 valence electrons. The number of imidazole rings is 1. The predicted molar refractivity (Wildman–Crippen MR) is 72.5 cm³/mol. The van der Waals surface area contributed by atoms with Crippen molar-refractivity contribution in [2.45, 2.75) is 31.3 Å². The third kappa shape index (κ3) is 2.65. The molecule has 1 fully saturated rings. The molecule has 3 rings (SSSR count). The van der Waals surface area contributed by atoms with E-state index in [0.29, 0.717) is 12.5 Å². The summed E-state index contributed by atoms with van der Waals surface area (Å²) in [5.41, 5.74) is 8.07.